The molecule has 6 heteroatoms. The number of Topliss-reactive ketones (excluding diaryl/α,β-unsaturated/α-hetero) is 1. The quantitative estimate of drug-likeness (QED) is 0.486. The Morgan fingerprint density at radius 1 is 0.824 bits per heavy atom. The number of nitrogens with one attached hydrogen (secondary N) is 2. The number of amides is 2. The Balaban J connectivity index is 0.00000281. The van der Waals surface area contributed by atoms with Crippen molar-refractivity contribution in [1.29, 1.82) is 0 Å². The summed E-state index contributed by atoms with van der Waals surface area (Å²) in [5.74, 6) is -0.201. The first-order chi connectivity index (χ1) is 16.1. The van der Waals surface area contributed by atoms with Crippen LogP contribution in [0.25, 0.3) is 0 Å². The van der Waals surface area contributed by atoms with E-state index < -0.39 is 18.2 Å². The minimum absolute atomic E-state index is 0.0820. The molecule has 0 aromatic heterocycles. The zero-order chi connectivity index (χ0) is 25.6. The molecule has 0 saturated heterocycles. The van der Waals surface area contributed by atoms with E-state index in [1.54, 1.807) is 0 Å². The van der Waals surface area contributed by atoms with Crippen LogP contribution in [0, 0.1) is 5.41 Å². The van der Waals surface area contributed by atoms with Crippen LogP contribution in [-0.2, 0) is 27.4 Å². The SMILES string of the molecule is CC.CC(=O)CC(NC(=O)OCc1ccccc1)C(Cc1ccccc1)NC(=O)CC(C)(C)C. The smallest absolute Gasteiger partial charge is 0.407 e. The first-order valence-electron chi connectivity index (χ1n) is 11.9. The van der Waals surface area contributed by atoms with Crippen molar-refractivity contribution >= 4 is 17.8 Å². The Labute approximate surface area is 204 Å². The minimum atomic E-state index is -0.622. The van der Waals surface area contributed by atoms with E-state index >= 15 is 0 Å². The summed E-state index contributed by atoms with van der Waals surface area (Å²) >= 11 is 0. The van der Waals surface area contributed by atoms with E-state index in [0.717, 1.165) is 11.1 Å². The Bertz CT molecular complexity index is 876. The van der Waals surface area contributed by atoms with E-state index in [9.17, 15) is 14.4 Å². The summed E-state index contributed by atoms with van der Waals surface area (Å²) in [6.07, 6.45) is 0.286. The van der Waals surface area contributed by atoms with Gasteiger partial charge in [0, 0.05) is 12.8 Å². The maximum absolute atomic E-state index is 12.7. The predicted molar refractivity (Wildman–Crippen MR) is 136 cm³/mol. The minimum Gasteiger partial charge on any atom is -0.445 e. The maximum atomic E-state index is 12.7. The maximum Gasteiger partial charge on any atom is 0.407 e. The summed E-state index contributed by atoms with van der Waals surface area (Å²) in [5, 5.41) is 5.86. The highest BCUT2D eigenvalue weighted by atomic mass is 16.5. The van der Waals surface area contributed by atoms with Crippen molar-refractivity contribution in [3.63, 3.8) is 0 Å². The molecule has 6 nitrogen and oxygen atoms in total. The zero-order valence-electron chi connectivity index (χ0n) is 21.4. The van der Waals surface area contributed by atoms with Crippen LogP contribution in [0.1, 0.15) is 65.5 Å². The van der Waals surface area contributed by atoms with Crippen molar-refractivity contribution in [2.75, 3.05) is 0 Å². The van der Waals surface area contributed by atoms with Gasteiger partial charge in [-0.1, -0.05) is 95.3 Å². The number of hydrogen-bond acceptors (Lipinski definition) is 4. The fourth-order valence-electron chi connectivity index (χ4n) is 3.42. The summed E-state index contributed by atoms with van der Waals surface area (Å²) in [6.45, 7) is 11.6. The molecule has 0 bridgehead atoms. The van der Waals surface area contributed by atoms with Crippen LogP contribution in [0.15, 0.2) is 60.7 Å². The Hall–Kier alpha value is -3.15. The van der Waals surface area contributed by atoms with E-state index in [1.165, 1.54) is 6.92 Å². The molecule has 0 fully saturated rings. The number of carbonyl (C=O) groups is 3. The normalized spacial score (nSPS) is 12.4. The van der Waals surface area contributed by atoms with E-state index in [4.69, 9.17) is 4.74 Å². The molecule has 2 aromatic carbocycles. The highest BCUT2D eigenvalue weighted by Crippen LogP contribution is 2.19. The van der Waals surface area contributed by atoms with E-state index in [-0.39, 0.29) is 30.1 Å². The molecule has 0 aliphatic heterocycles. The molecule has 2 N–H and O–H groups in total. The van der Waals surface area contributed by atoms with Gasteiger partial charge in [-0.25, -0.2) is 4.79 Å². The van der Waals surface area contributed by atoms with Gasteiger partial charge < -0.3 is 15.4 Å². The molecule has 0 spiro atoms. The van der Waals surface area contributed by atoms with Gasteiger partial charge >= 0.3 is 6.09 Å². The first kappa shape index (κ1) is 28.9. The molecule has 34 heavy (non-hydrogen) atoms. The average molecular weight is 469 g/mol. The summed E-state index contributed by atoms with van der Waals surface area (Å²) in [7, 11) is 0. The largest absolute Gasteiger partial charge is 0.445 e. The van der Waals surface area contributed by atoms with Crippen molar-refractivity contribution in [2.45, 2.75) is 79.5 Å². The van der Waals surface area contributed by atoms with Crippen molar-refractivity contribution < 1.29 is 19.1 Å². The number of hydrogen-bond donors (Lipinski definition) is 2. The lowest BCUT2D eigenvalue weighted by Crippen LogP contribution is -2.54. The number of benzene rings is 2. The molecular formula is C28H40N2O4. The monoisotopic (exact) mass is 468 g/mol. The third-order valence-electron chi connectivity index (χ3n) is 4.84. The molecule has 2 atom stereocenters. The van der Waals surface area contributed by atoms with Crippen LogP contribution in [0.5, 0.6) is 0 Å². The number of ether oxygens (including phenoxy) is 1. The first-order valence-corrected chi connectivity index (χ1v) is 11.9. The highest BCUT2D eigenvalue weighted by Gasteiger charge is 2.28. The number of alkyl carbamates (subject to hydrolysis) is 1. The molecule has 0 heterocycles. The van der Waals surface area contributed by atoms with Crippen LogP contribution < -0.4 is 10.6 Å². The number of ketones is 1. The zero-order valence-corrected chi connectivity index (χ0v) is 21.4. The second-order valence-electron chi connectivity index (χ2n) is 9.32. The van der Waals surface area contributed by atoms with Gasteiger partial charge in [-0.05, 0) is 29.9 Å². The molecule has 0 radical (unpaired) electrons. The molecular weight excluding hydrogens is 428 g/mol. The molecule has 0 aliphatic rings. The van der Waals surface area contributed by atoms with Gasteiger partial charge in [0.25, 0.3) is 0 Å². The lowest BCUT2D eigenvalue weighted by molar-refractivity contribution is -0.124. The van der Waals surface area contributed by atoms with Crippen LogP contribution in [0.3, 0.4) is 0 Å². The van der Waals surface area contributed by atoms with Gasteiger partial charge in [0.1, 0.15) is 12.4 Å². The van der Waals surface area contributed by atoms with E-state index in [0.29, 0.717) is 12.8 Å². The van der Waals surface area contributed by atoms with Crippen LogP contribution in [0.2, 0.25) is 0 Å². The Morgan fingerprint density at radius 2 is 1.35 bits per heavy atom. The lowest BCUT2D eigenvalue weighted by atomic mass is 9.90. The molecule has 186 valence electrons. The van der Waals surface area contributed by atoms with Crippen molar-refractivity contribution in [2.24, 2.45) is 5.41 Å². The third-order valence-corrected chi connectivity index (χ3v) is 4.84. The van der Waals surface area contributed by atoms with Crippen LogP contribution >= 0.6 is 0 Å². The van der Waals surface area contributed by atoms with Crippen molar-refractivity contribution in [1.82, 2.24) is 10.6 Å². The number of rotatable bonds is 10. The molecule has 2 unspecified atom stereocenters. The second-order valence-corrected chi connectivity index (χ2v) is 9.32. The Kier molecular flexibility index (Phi) is 12.6. The third kappa shape index (κ3) is 12.2. The molecule has 0 saturated carbocycles. The van der Waals surface area contributed by atoms with Gasteiger partial charge in [-0.3, -0.25) is 9.59 Å². The standard InChI is InChI=1S/C26H34N2O4.C2H6/c1-19(29)15-22(28-25(31)32-18-21-13-9-6-10-14-21)23(16-20-11-7-5-8-12-20)27-24(30)17-26(2,3)4;1-2/h5-14,22-23H,15-18H2,1-4H3,(H,27,30)(H,28,31);1-2H3. The summed E-state index contributed by atoms with van der Waals surface area (Å²) in [5.41, 5.74) is 1.69. The van der Waals surface area contributed by atoms with Gasteiger partial charge in [0.2, 0.25) is 5.91 Å². The average Bonchev–Trinajstić information content (AvgIpc) is 2.78. The number of carbonyl (C=O) groups excluding carboxylic acids is 3. The van der Waals surface area contributed by atoms with Crippen LogP contribution in [0.4, 0.5) is 4.79 Å². The fraction of sp³-hybridized carbons (Fsp3) is 0.464. The van der Waals surface area contributed by atoms with Gasteiger partial charge in [0.15, 0.2) is 0 Å². The Morgan fingerprint density at radius 3 is 1.85 bits per heavy atom. The topological polar surface area (TPSA) is 84.5 Å². The van der Waals surface area contributed by atoms with Crippen molar-refractivity contribution in [3.05, 3.63) is 71.8 Å². The fourth-order valence-corrected chi connectivity index (χ4v) is 3.42. The second kappa shape index (κ2) is 14.9. The lowest BCUT2D eigenvalue weighted by Gasteiger charge is -2.29. The summed E-state index contributed by atoms with van der Waals surface area (Å²) < 4.78 is 5.35. The molecule has 0 aliphatic carbocycles. The van der Waals surface area contributed by atoms with Gasteiger partial charge in [-0.2, -0.15) is 0 Å². The summed E-state index contributed by atoms with van der Waals surface area (Å²) in [4.78, 5) is 37.2. The van der Waals surface area contributed by atoms with E-state index in [2.05, 4.69) is 10.6 Å². The highest BCUT2D eigenvalue weighted by molar-refractivity contribution is 5.79. The van der Waals surface area contributed by atoms with E-state index in [1.807, 2.05) is 95.3 Å². The molecule has 2 aromatic rings. The van der Waals surface area contributed by atoms with Gasteiger partial charge in [-0.15, -0.1) is 0 Å². The van der Waals surface area contributed by atoms with Crippen LogP contribution in [-0.4, -0.2) is 29.9 Å². The van der Waals surface area contributed by atoms with Crippen molar-refractivity contribution in [3.8, 4) is 0 Å². The van der Waals surface area contributed by atoms with Gasteiger partial charge in [0.05, 0.1) is 12.1 Å². The molecule has 2 amide bonds. The summed E-state index contributed by atoms with van der Waals surface area (Å²) in [6, 6.07) is 18.0. The predicted octanol–water partition coefficient (Wildman–Crippen LogP) is 5.45. The molecule has 2 rings (SSSR count).